The van der Waals surface area contributed by atoms with Crippen molar-refractivity contribution in [2.45, 2.75) is 36.8 Å². The van der Waals surface area contributed by atoms with E-state index in [-0.39, 0.29) is 16.6 Å². The number of carbonyl (C=O) groups excluding carboxylic acids is 1. The minimum Gasteiger partial charge on any atom is -0.495 e. The van der Waals surface area contributed by atoms with Crippen LogP contribution in [0.3, 0.4) is 0 Å². The highest BCUT2D eigenvalue weighted by Crippen LogP contribution is 2.39. The quantitative estimate of drug-likeness (QED) is 0.545. The van der Waals surface area contributed by atoms with Gasteiger partial charge in [-0.3, -0.25) is 9.10 Å². The van der Waals surface area contributed by atoms with E-state index in [2.05, 4.69) is 5.32 Å². The molecule has 0 bridgehead atoms. The Morgan fingerprint density at radius 3 is 2.41 bits per heavy atom. The number of carbonyl (C=O) groups is 1. The van der Waals surface area contributed by atoms with E-state index in [1.165, 1.54) is 19.2 Å². The molecule has 4 rings (SSSR count). The number of nitrogens with one attached hydrogen (secondary N) is 1. The van der Waals surface area contributed by atoms with Crippen LogP contribution in [0.5, 0.6) is 11.5 Å². The number of amides is 1. The molecule has 1 aliphatic rings. The van der Waals surface area contributed by atoms with Crippen molar-refractivity contribution in [3.63, 3.8) is 0 Å². The molecule has 0 spiro atoms. The minimum atomic E-state index is -4.04. The number of anilines is 1. The van der Waals surface area contributed by atoms with Gasteiger partial charge in [0, 0.05) is 12.0 Å². The summed E-state index contributed by atoms with van der Waals surface area (Å²) in [5.41, 5.74) is 0.673. The fourth-order valence-corrected chi connectivity index (χ4v) is 5.61. The number of nitrogens with zero attached hydrogens (tertiary/aromatic N) is 1. The number of rotatable bonds is 7. The lowest BCUT2D eigenvalue weighted by Gasteiger charge is -2.38. The van der Waals surface area contributed by atoms with Gasteiger partial charge in [-0.1, -0.05) is 48.5 Å². The molecule has 0 aliphatic carbocycles. The van der Waals surface area contributed by atoms with Crippen LogP contribution in [0.15, 0.2) is 83.8 Å². The predicted octanol–water partition coefficient (Wildman–Crippen LogP) is 4.31. The first-order chi connectivity index (χ1) is 16.2. The van der Waals surface area contributed by atoms with Crippen molar-refractivity contribution in [2.24, 2.45) is 0 Å². The zero-order valence-electron chi connectivity index (χ0n) is 19.4. The maximum absolute atomic E-state index is 13.6. The Labute approximate surface area is 200 Å². The summed E-state index contributed by atoms with van der Waals surface area (Å²) < 4.78 is 39.7. The van der Waals surface area contributed by atoms with Crippen molar-refractivity contribution in [2.75, 3.05) is 18.0 Å². The van der Waals surface area contributed by atoms with Crippen molar-refractivity contribution in [1.82, 2.24) is 5.32 Å². The Morgan fingerprint density at radius 2 is 1.68 bits per heavy atom. The summed E-state index contributed by atoms with van der Waals surface area (Å²) >= 11 is 0. The molecule has 0 saturated carbocycles. The number of hydrogen-bond acceptors (Lipinski definition) is 5. The van der Waals surface area contributed by atoms with Crippen molar-refractivity contribution in [1.29, 1.82) is 0 Å². The standard InChI is InChI=1S/C26H28N2O5S/c1-26(2)17-21(20-13-7-9-15-23(20)33-26)27-25(29)18-28(22-14-8-10-16-24(22)32-3)34(30,31)19-11-5-4-6-12-19/h4-16,21H,17-18H2,1-3H3,(H,27,29). The van der Waals surface area contributed by atoms with Crippen molar-refractivity contribution in [3.8, 4) is 11.5 Å². The van der Waals surface area contributed by atoms with Crippen LogP contribution in [-0.4, -0.2) is 33.6 Å². The Morgan fingerprint density at radius 1 is 1.03 bits per heavy atom. The van der Waals surface area contributed by atoms with Gasteiger partial charge in [-0.25, -0.2) is 8.42 Å². The lowest BCUT2D eigenvalue weighted by Crippen LogP contribution is -2.45. The van der Waals surface area contributed by atoms with Crippen LogP contribution >= 0.6 is 0 Å². The molecule has 3 aromatic rings. The van der Waals surface area contributed by atoms with Gasteiger partial charge in [0.1, 0.15) is 23.6 Å². The molecule has 1 aliphatic heterocycles. The number of para-hydroxylation sites is 3. The second-order valence-corrected chi connectivity index (χ2v) is 10.6. The molecular formula is C26H28N2O5S. The summed E-state index contributed by atoms with van der Waals surface area (Å²) in [5, 5.41) is 3.03. The van der Waals surface area contributed by atoms with E-state index in [9.17, 15) is 13.2 Å². The Bertz CT molecular complexity index is 1280. The van der Waals surface area contributed by atoms with Gasteiger partial charge in [-0.2, -0.15) is 0 Å². The molecule has 178 valence electrons. The van der Waals surface area contributed by atoms with Crippen molar-refractivity contribution < 1.29 is 22.7 Å². The first-order valence-electron chi connectivity index (χ1n) is 11.0. The zero-order valence-corrected chi connectivity index (χ0v) is 20.2. The number of ether oxygens (including phenoxy) is 2. The lowest BCUT2D eigenvalue weighted by atomic mass is 9.89. The molecule has 7 nitrogen and oxygen atoms in total. The van der Waals surface area contributed by atoms with Gasteiger partial charge in [0.2, 0.25) is 5.91 Å². The van der Waals surface area contributed by atoms with Crippen molar-refractivity contribution in [3.05, 3.63) is 84.4 Å². The van der Waals surface area contributed by atoms with Crippen LogP contribution in [0.4, 0.5) is 5.69 Å². The molecule has 1 heterocycles. The number of hydrogen-bond donors (Lipinski definition) is 1. The number of methoxy groups -OCH3 is 1. The number of fused-ring (bicyclic) bond motifs is 1. The van der Waals surface area contributed by atoms with E-state index in [1.54, 1.807) is 42.5 Å². The summed E-state index contributed by atoms with van der Waals surface area (Å²) in [5.74, 6) is 0.637. The topological polar surface area (TPSA) is 84.9 Å². The Balaban J connectivity index is 1.67. The summed E-state index contributed by atoms with van der Waals surface area (Å²) in [6.45, 7) is 3.52. The predicted molar refractivity (Wildman–Crippen MR) is 131 cm³/mol. The molecule has 1 atom stereocenters. The van der Waals surface area contributed by atoms with Gasteiger partial charge in [0.05, 0.1) is 23.7 Å². The van der Waals surface area contributed by atoms with E-state index in [0.29, 0.717) is 17.9 Å². The van der Waals surface area contributed by atoms with Gasteiger partial charge in [0.25, 0.3) is 10.0 Å². The highest BCUT2D eigenvalue weighted by atomic mass is 32.2. The first kappa shape index (κ1) is 23.6. The molecule has 34 heavy (non-hydrogen) atoms. The maximum atomic E-state index is 13.6. The minimum absolute atomic E-state index is 0.0891. The zero-order chi connectivity index (χ0) is 24.3. The lowest BCUT2D eigenvalue weighted by molar-refractivity contribution is -0.120. The molecule has 0 radical (unpaired) electrons. The van der Waals surface area contributed by atoms with Crippen LogP contribution in [0.2, 0.25) is 0 Å². The van der Waals surface area contributed by atoms with E-state index in [0.717, 1.165) is 9.87 Å². The van der Waals surface area contributed by atoms with E-state index in [4.69, 9.17) is 9.47 Å². The van der Waals surface area contributed by atoms with E-state index in [1.807, 2.05) is 38.1 Å². The monoisotopic (exact) mass is 480 g/mol. The summed E-state index contributed by atoms with van der Waals surface area (Å²) in [4.78, 5) is 13.4. The SMILES string of the molecule is COc1ccccc1N(CC(=O)NC1CC(C)(C)Oc2ccccc21)S(=O)(=O)c1ccccc1. The summed E-state index contributed by atoms with van der Waals surface area (Å²) in [6, 6.07) is 22.0. The number of sulfonamides is 1. The van der Waals surface area contributed by atoms with Gasteiger partial charge >= 0.3 is 0 Å². The average Bonchev–Trinajstić information content (AvgIpc) is 2.82. The molecule has 0 aromatic heterocycles. The summed E-state index contributed by atoms with van der Waals surface area (Å²) in [6.07, 6.45) is 0.551. The van der Waals surface area contributed by atoms with Crippen LogP contribution in [0.1, 0.15) is 31.9 Å². The van der Waals surface area contributed by atoms with Crippen LogP contribution in [0.25, 0.3) is 0 Å². The van der Waals surface area contributed by atoms with Gasteiger partial charge in [-0.15, -0.1) is 0 Å². The van der Waals surface area contributed by atoms with Gasteiger partial charge < -0.3 is 14.8 Å². The smallest absolute Gasteiger partial charge is 0.264 e. The van der Waals surface area contributed by atoms with Gasteiger partial charge in [-0.05, 0) is 44.2 Å². The van der Waals surface area contributed by atoms with E-state index < -0.39 is 28.1 Å². The average molecular weight is 481 g/mol. The normalized spacial score (nSPS) is 16.6. The fourth-order valence-electron chi connectivity index (χ4n) is 4.16. The Kier molecular flexibility index (Phi) is 6.52. The first-order valence-corrected chi connectivity index (χ1v) is 12.4. The van der Waals surface area contributed by atoms with Crippen LogP contribution < -0.4 is 19.1 Å². The molecule has 8 heteroatoms. The molecule has 1 N–H and O–H groups in total. The molecule has 3 aromatic carbocycles. The largest absolute Gasteiger partial charge is 0.495 e. The highest BCUT2D eigenvalue weighted by molar-refractivity contribution is 7.92. The molecular weight excluding hydrogens is 452 g/mol. The molecule has 0 saturated heterocycles. The molecule has 1 unspecified atom stereocenters. The Hall–Kier alpha value is -3.52. The van der Waals surface area contributed by atoms with E-state index >= 15 is 0 Å². The molecule has 1 amide bonds. The molecule has 0 fully saturated rings. The second-order valence-electron chi connectivity index (χ2n) is 8.72. The third-order valence-corrected chi connectivity index (χ3v) is 7.46. The van der Waals surface area contributed by atoms with Crippen molar-refractivity contribution >= 4 is 21.6 Å². The second kappa shape index (κ2) is 9.38. The highest BCUT2D eigenvalue weighted by Gasteiger charge is 2.35. The van der Waals surface area contributed by atoms with Crippen LogP contribution in [-0.2, 0) is 14.8 Å². The number of benzene rings is 3. The van der Waals surface area contributed by atoms with Gasteiger partial charge in [0.15, 0.2) is 0 Å². The third-order valence-electron chi connectivity index (χ3n) is 5.68. The fraction of sp³-hybridized carbons (Fsp3) is 0.269. The van der Waals surface area contributed by atoms with Crippen LogP contribution in [0, 0.1) is 0 Å². The summed E-state index contributed by atoms with van der Waals surface area (Å²) in [7, 11) is -2.57. The third kappa shape index (κ3) is 4.87. The maximum Gasteiger partial charge on any atom is 0.264 e.